The normalized spacial score (nSPS) is 18.7. The minimum Gasteiger partial charge on any atom is -0.493 e. The number of rotatable bonds is 2. The molecular formula is C18H22N2O4. The van der Waals surface area contributed by atoms with Gasteiger partial charge in [0, 0.05) is 62.6 Å². The van der Waals surface area contributed by atoms with Crippen molar-refractivity contribution in [3.05, 3.63) is 22.8 Å². The molecule has 0 aromatic heterocycles. The lowest BCUT2D eigenvalue weighted by molar-refractivity contribution is -0.138. The Balaban J connectivity index is 1.52. The maximum Gasteiger partial charge on any atom is 0.227 e. The monoisotopic (exact) mass is 330 g/mol. The average Bonchev–Trinajstić information content (AvgIpc) is 3.23. The van der Waals surface area contributed by atoms with E-state index in [4.69, 9.17) is 9.47 Å². The van der Waals surface area contributed by atoms with Crippen LogP contribution in [0, 0.1) is 0 Å². The lowest BCUT2D eigenvalue weighted by Gasteiger charge is -2.34. The molecular weight excluding hydrogens is 308 g/mol. The third kappa shape index (κ3) is 2.60. The topological polar surface area (TPSA) is 59.1 Å². The second-order valence-electron chi connectivity index (χ2n) is 6.58. The van der Waals surface area contributed by atoms with E-state index >= 15 is 0 Å². The zero-order valence-electron chi connectivity index (χ0n) is 14.0. The molecule has 1 saturated heterocycles. The van der Waals surface area contributed by atoms with Gasteiger partial charge in [-0.15, -0.1) is 0 Å². The summed E-state index contributed by atoms with van der Waals surface area (Å²) in [6, 6.07) is 2.07. The number of nitrogens with zero attached hydrogens (tertiary/aromatic N) is 2. The van der Waals surface area contributed by atoms with Gasteiger partial charge in [-0.2, -0.15) is 0 Å². The molecule has 3 aliphatic rings. The zero-order chi connectivity index (χ0) is 16.7. The van der Waals surface area contributed by atoms with Crippen molar-refractivity contribution in [3.8, 4) is 11.5 Å². The van der Waals surface area contributed by atoms with E-state index in [1.807, 2.05) is 4.90 Å². The third-order valence-electron chi connectivity index (χ3n) is 5.17. The van der Waals surface area contributed by atoms with Crippen molar-refractivity contribution < 1.29 is 19.1 Å². The van der Waals surface area contributed by atoms with Crippen LogP contribution in [0.4, 0.5) is 0 Å². The second-order valence-corrected chi connectivity index (χ2v) is 6.58. The molecule has 0 N–H and O–H groups in total. The first-order valence-corrected chi connectivity index (χ1v) is 8.60. The van der Waals surface area contributed by atoms with E-state index in [1.165, 1.54) is 0 Å². The second kappa shape index (κ2) is 6.00. The number of benzene rings is 1. The number of piperazine rings is 1. The molecule has 3 aliphatic heterocycles. The van der Waals surface area contributed by atoms with Crippen molar-refractivity contribution in [3.63, 3.8) is 0 Å². The molecule has 2 amide bonds. The Morgan fingerprint density at radius 1 is 1.04 bits per heavy atom. The molecule has 1 aromatic carbocycles. The van der Waals surface area contributed by atoms with Crippen LogP contribution in [0.1, 0.15) is 23.6 Å². The highest BCUT2D eigenvalue weighted by Crippen LogP contribution is 2.41. The molecule has 0 aliphatic carbocycles. The Bertz CT molecular complexity index is 660. The van der Waals surface area contributed by atoms with E-state index < -0.39 is 0 Å². The number of carbonyl (C=O) groups excluding carboxylic acids is 2. The van der Waals surface area contributed by atoms with Crippen LogP contribution in [0.25, 0.3) is 0 Å². The smallest absolute Gasteiger partial charge is 0.227 e. The quantitative estimate of drug-likeness (QED) is 0.804. The fourth-order valence-electron chi connectivity index (χ4n) is 3.81. The van der Waals surface area contributed by atoms with Gasteiger partial charge < -0.3 is 19.3 Å². The van der Waals surface area contributed by atoms with Crippen molar-refractivity contribution in [1.82, 2.24) is 9.80 Å². The van der Waals surface area contributed by atoms with Crippen LogP contribution in [-0.4, -0.2) is 61.0 Å². The number of carbonyl (C=O) groups is 2. The van der Waals surface area contributed by atoms with Gasteiger partial charge in [-0.3, -0.25) is 9.59 Å². The van der Waals surface area contributed by atoms with Crippen LogP contribution < -0.4 is 9.47 Å². The van der Waals surface area contributed by atoms with Crippen molar-refractivity contribution in [1.29, 1.82) is 0 Å². The Hall–Kier alpha value is -2.24. The first kappa shape index (κ1) is 15.3. The largest absolute Gasteiger partial charge is 0.493 e. The van der Waals surface area contributed by atoms with Crippen LogP contribution in [-0.2, 0) is 28.9 Å². The molecule has 24 heavy (non-hydrogen) atoms. The Kier molecular flexibility index (Phi) is 3.82. The van der Waals surface area contributed by atoms with Crippen LogP contribution in [0.5, 0.6) is 11.5 Å². The standard InChI is InChI=1S/C18H22N2O4/c1-12(21)19-4-6-20(7-5-19)17(22)11-15-14-3-9-23-16(14)10-13-2-8-24-18(13)15/h10H,2-9,11H2,1H3. The highest BCUT2D eigenvalue weighted by molar-refractivity contribution is 5.81. The highest BCUT2D eigenvalue weighted by Gasteiger charge is 2.29. The van der Waals surface area contributed by atoms with Gasteiger partial charge in [-0.05, 0) is 6.07 Å². The predicted molar refractivity (Wildman–Crippen MR) is 87.4 cm³/mol. The Morgan fingerprint density at radius 3 is 2.50 bits per heavy atom. The van der Waals surface area contributed by atoms with Crippen molar-refractivity contribution >= 4 is 11.8 Å². The molecule has 6 nitrogen and oxygen atoms in total. The highest BCUT2D eigenvalue weighted by atomic mass is 16.5. The number of amides is 2. The lowest BCUT2D eigenvalue weighted by Crippen LogP contribution is -2.50. The van der Waals surface area contributed by atoms with Crippen molar-refractivity contribution in [2.45, 2.75) is 26.2 Å². The summed E-state index contributed by atoms with van der Waals surface area (Å²) in [5.74, 6) is 2.00. The van der Waals surface area contributed by atoms with Gasteiger partial charge in [0.2, 0.25) is 11.8 Å². The SMILES string of the molecule is CC(=O)N1CCN(C(=O)Cc2c3c(cc4c2OCC4)OCC3)CC1. The maximum absolute atomic E-state index is 12.8. The molecule has 6 heteroatoms. The molecule has 0 radical (unpaired) electrons. The van der Waals surface area contributed by atoms with Crippen molar-refractivity contribution in [2.24, 2.45) is 0 Å². The Morgan fingerprint density at radius 2 is 1.75 bits per heavy atom. The van der Waals surface area contributed by atoms with Gasteiger partial charge in [-0.25, -0.2) is 0 Å². The number of hydrogen-bond acceptors (Lipinski definition) is 4. The fourth-order valence-corrected chi connectivity index (χ4v) is 3.81. The maximum atomic E-state index is 12.8. The van der Waals surface area contributed by atoms with Crippen LogP contribution >= 0.6 is 0 Å². The summed E-state index contributed by atoms with van der Waals surface area (Å²) in [4.78, 5) is 27.8. The third-order valence-corrected chi connectivity index (χ3v) is 5.17. The first-order chi connectivity index (χ1) is 11.6. The summed E-state index contributed by atoms with van der Waals surface area (Å²) in [5, 5.41) is 0. The summed E-state index contributed by atoms with van der Waals surface area (Å²) in [6.07, 6.45) is 2.08. The molecule has 128 valence electrons. The summed E-state index contributed by atoms with van der Waals surface area (Å²) in [6.45, 7) is 5.37. The van der Waals surface area contributed by atoms with E-state index in [2.05, 4.69) is 6.07 Å². The number of hydrogen-bond donors (Lipinski definition) is 0. The molecule has 0 saturated carbocycles. The molecule has 0 unspecified atom stereocenters. The van der Waals surface area contributed by atoms with Gasteiger partial charge >= 0.3 is 0 Å². The lowest BCUT2D eigenvalue weighted by atomic mass is 9.96. The fraction of sp³-hybridized carbons (Fsp3) is 0.556. The van der Waals surface area contributed by atoms with E-state index in [0.717, 1.165) is 41.0 Å². The molecule has 0 bridgehead atoms. The molecule has 1 aromatic rings. The van der Waals surface area contributed by atoms with Gasteiger partial charge in [0.1, 0.15) is 11.5 Å². The molecule has 0 atom stereocenters. The summed E-state index contributed by atoms with van der Waals surface area (Å²) >= 11 is 0. The molecule has 3 heterocycles. The van der Waals surface area contributed by atoms with Crippen LogP contribution in [0.2, 0.25) is 0 Å². The van der Waals surface area contributed by atoms with Crippen LogP contribution in [0.3, 0.4) is 0 Å². The van der Waals surface area contributed by atoms with E-state index in [9.17, 15) is 9.59 Å². The van der Waals surface area contributed by atoms with Crippen molar-refractivity contribution in [2.75, 3.05) is 39.4 Å². The summed E-state index contributed by atoms with van der Waals surface area (Å²) < 4.78 is 11.5. The van der Waals surface area contributed by atoms with Crippen LogP contribution in [0.15, 0.2) is 6.07 Å². The predicted octanol–water partition coefficient (Wildman–Crippen LogP) is 0.790. The molecule has 0 spiro atoms. The minimum atomic E-state index is 0.0753. The first-order valence-electron chi connectivity index (χ1n) is 8.60. The summed E-state index contributed by atoms with van der Waals surface area (Å²) in [7, 11) is 0. The molecule has 1 fully saturated rings. The van der Waals surface area contributed by atoms with E-state index in [1.54, 1.807) is 11.8 Å². The zero-order valence-corrected chi connectivity index (χ0v) is 14.0. The van der Waals surface area contributed by atoms with Gasteiger partial charge in [0.25, 0.3) is 0 Å². The van der Waals surface area contributed by atoms with E-state index in [0.29, 0.717) is 45.8 Å². The number of ether oxygens (including phenoxy) is 2. The summed E-state index contributed by atoms with van der Waals surface area (Å²) in [5.41, 5.74) is 3.29. The minimum absolute atomic E-state index is 0.0753. The Labute approximate surface area is 141 Å². The van der Waals surface area contributed by atoms with Gasteiger partial charge in [0.05, 0.1) is 19.6 Å². The van der Waals surface area contributed by atoms with Gasteiger partial charge in [-0.1, -0.05) is 0 Å². The van der Waals surface area contributed by atoms with E-state index in [-0.39, 0.29) is 11.8 Å². The average molecular weight is 330 g/mol. The number of fused-ring (bicyclic) bond motifs is 2. The van der Waals surface area contributed by atoms with Gasteiger partial charge in [0.15, 0.2) is 0 Å². The molecule has 4 rings (SSSR count).